The highest BCUT2D eigenvalue weighted by Gasteiger charge is 2.31. The lowest BCUT2D eigenvalue weighted by Crippen LogP contribution is -2.51. The topological polar surface area (TPSA) is 57.1 Å². The fourth-order valence-electron chi connectivity index (χ4n) is 2.82. The van der Waals surface area contributed by atoms with Gasteiger partial charge in [0, 0.05) is 16.0 Å². The maximum absolute atomic E-state index is 12.7. The minimum atomic E-state index is -0.230. The molecule has 0 unspecified atom stereocenters. The van der Waals surface area contributed by atoms with Gasteiger partial charge >= 0.3 is 0 Å². The van der Waals surface area contributed by atoms with Crippen LogP contribution in [-0.4, -0.2) is 22.2 Å². The van der Waals surface area contributed by atoms with Gasteiger partial charge in [0.25, 0.3) is 5.91 Å². The molecular formula is C18H15ClN4OS. The van der Waals surface area contributed by atoms with Gasteiger partial charge in [-0.05, 0) is 24.6 Å². The summed E-state index contributed by atoms with van der Waals surface area (Å²) >= 11 is 7.64. The van der Waals surface area contributed by atoms with Crippen molar-refractivity contribution < 1.29 is 4.79 Å². The SMILES string of the molecule is C[C@H]1N=c2ccccc2=C2C(=O)NC(SCc3ccccc3Cl)=NN21. The molecule has 7 heteroatoms. The van der Waals surface area contributed by atoms with Gasteiger partial charge < -0.3 is 0 Å². The van der Waals surface area contributed by atoms with Gasteiger partial charge in [-0.25, -0.2) is 5.01 Å². The van der Waals surface area contributed by atoms with Crippen LogP contribution in [0.3, 0.4) is 0 Å². The quantitative estimate of drug-likeness (QED) is 0.880. The third-order valence-electron chi connectivity index (χ3n) is 4.02. The van der Waals surface area contributed by atoms with Gasteiger partial charge in [0.15, 0.2) is 5.17 Å². The van der Waals surface area contributed by atoms with E-state index in [-0.39, 0.29) is 12.1 Å². The smallest absolute Gasteiger partial charge is 0.276 e. The lowest BCUT2D eigenvalue weighted by atomic mass is 10.2. The van der Waals surface area contributed by atoms with Gasteiger partial charge in [0.1, 0.15) is 11.9 Å². The number of amides is 1. The molecule has 5 nitrogen and oxygen atoms in total. The summed E-state index contributed by atoms with van der Waals surface area (Å²) < 4.78 is 0. The summed E-state index contributed by atoms with van der Waals surface area (Å²) in [6, 6.07) is 15.3. The van der Waals surface area contributed by atoms with Crippen LogP contribution in [0.25, 0.3) is 5.70 Å². The van der Waals surface area contributed by atoms with Crippen LogP contribution in [0.15, 0.2) is 58.6 Å². The van der Waals surface area contributed by atoms with Gasteiger partial charge in [0.05, 0.1) is 5.36 Å². The van der Waals surface area contributed by atoms with Gasteiger partial charge in [-0.15, -0.1) is 5.10 Å². The molecule has 0 aromatic heterocycles. The molecule has 2 aliphatic rings. The number of amidine groups is 1. The Morgan fingerprint density at radius 3 is 2.80 bits per heavy atom. The molecule has 25 heavy (non-hydrogen) atoms. The first-order chi connectivity index (χ1) is 12.1. The molecule has 126 valence electrons. The van der Waals surface area contributed by atoms with Crippen LogP contribution in [0.2, 0.25) is 5.02 Å². The Bertz CT molecular complexity index is 1000. The predicted molar refractivity (Wildman–Crippen MR) is 100 cm³/mol. The normalized spacial score (nSPS) is 18.7. The Morgan fingerprint density at radius 2 is 1.96 bits per heavy atom. The molecule has 0 saturated heterocycles. The highest BCUT2D eigenvalue weighted by molar-refractivity contribution is 8.13. The summed E-state index contributed by atoms with van der Waals surface area (Å²) in [7, 11) is 0. The zero-order valence-electron chi connectivity index (χ0n) is 13.4. The average molecular weight is 371 g/mol. The Kier molecular flexibility index (Phi) is 4.23. The van der Waals surface area contributed by atoms with Crippen LogP contribution in [0, 0.1) is 0 Å². The summed E-state index contributed by atoms with van der Waals surface area (Å²) in [6.45, 7) is 1.92. The summed E-state index contributed by atoms with van der Waals surface area (Å²) in [5.41, 5.74) is 1.54. The van der Waals surface area contributed by atoms with Crippen LogP contribution in [0.5, 0.6) is 0 Å². The number of nitrogens with zero attached hydrogens (tertiary/aromatic N) is 3. The predicted octanol–water partition coefficient (Wildman–Crippen LogP) is 2.06. The fourth-order valence-corrected chi connectivity index (χ4v) is 3.95. The lowest BCUT2D eigenvalue weighted by Gasteiger charge is -2.32. The van der Waals surface area contributed by atoms with E-state index >= 15 is 0 Å². The van der Waals surface area contributed by atoms with Gasteiger partial charge in [-0.2, -0.15) is 0 Å². The van der Waals surface area contributed by atoms with Gasteiger partial charge in [0.2, 0.25) is 0 Å². The Morgan fingerprint density at radius 1 is 1.20 bits per heavy atom. The van der Waals surface area contributed by atoms with Crippen LogP contribution in [0.1, 0.15) is 12.5 Å². The van der Waals surface area contributed by atoms with Crippen molar-refractivity contribution in [1.82, 2.24) is 10.3 Å². The first kappa shape index (κ1) is 16.2. The number of carbonyl (C=O) groups excluding carboxylic acids is 1. The zero-order chi connectivity index (χ0) is 17.4. The second kappa shape index (κ2) is 6.54. The molecular weight excluding hydrogens is 356 g/mol. The molecule has 0 saturated carbocycles. The average Bonchev–Trinajstić information content (AvgIpc) is 2.61. The molecule has 2 aliphatic heterocycles. The molecule has 0 aliphatic carbocycles. The minimum absolute atomic E-state index is 0.161. The number of hydrogen-bond acceptors (Lipinski definition) is 5. The molecule has 2 aromatic rings. The molecule has 0 spiro atoms. The van der Waals surface area contributed by atoms with Crippen molar-refractivity contribution >= 4 is 40.1 Å². The Labute approximate surface area is 154 Å². The highest BCUT2D eigenvalue weighted by atomic mass is 35.5. The number of carbonyl (C=O) groups is 1. The molecule has 1 amide bonds. The van der Waals surface area contributed by atoms with E-state index in [0.29, 0.717) is 21.6 Å². The van der Waals surface area contributed by atoms with E-state index in [4.69, 9.17) is 11.6 Å². The number of fused-ring (bicyclic) bond motifs is 2. The van der Waals surface area contributed by atoms with Crippen LogP contribution in [-0.2, 0) is 10.5 Å². The van der Waals surface area contributed by atoms with Crippen LogP contribution >= 0.6 is 23.4 Å². The maximum atomic E-state index is 12.7. The molecule has 0 fully saturated rings. The van der Waals surface area contributed by atoms with Crippen molar-refractivity contribution in [2.45, 2.75) is 18.8 Å². The maximum Gasteiger partial charge on any atom is 0.276 e. The number of para-hydroxylation sites is 1. The van der Waals surface area contributed by atoms with E-state index in [0.717, 1.165) is 16.1 Å². The van der Waals surface area contributed by atoms with E-state index in [1.54, 1.807) is 5.01 Å². The third kappa shape index (κ3) is 3.03. The van der Waals surface area contributed by atoms with Crippen molar-refractivity contribution in [2.24, 2.45) is 10.1 Å². The number of halogens is 1. The van der Waals surface area contributed by atoms with Crippen molar-refractivity contribution in [3.8, 4) is 0 Å². The molecule has 0 bridgehead atoms. The van der Waals surface area contributed by atoms with E-state index < -0.39 is 0 Å². The molecule has 2 heterocycles. The molecule has 1 N–H and O–H groups in total. The van der Waals surface area contributed by atoms with Gasteiger partial charge in [-0.3, -0.25) is 15.1 Å². The van der Waals surface area contributed by atoms with Gasteiger partial charge in [-0.1, -0.05) is 59.8 Å². The minimum Gasteiger partial charge on any atom is -0.298 e. The highest BCUT2D eigenvalue weighted by Crippen LogP contribution is 2.24. The number of rotatable bonds is 2. The number of hydrogen-bond donors (Lipinski definition) is 1. The summed E-state index contributed by atoms with van der Waals surface area (Å²) in [5, 5.41) is 12.0. The van der Waals surface area contributed by atoms with Crippen LogP contribution in [0.4, 0.5) is 0 Å². The van der Waals surface area contributed by atoms with Crippen molar-refractivity contribution in [3.63, 3.8) is 0 Å². The standard InChI is InChI=1S/C18H15ClN4OS/c1-11-20-15-9-5-3-7-13(15)16-17(24)21-18(22-23(11)16)25-10-12-6-2-4-8-14(12)19/h2-9,11H,10H2,1H3,(H,21,22,24)/t11-/m0/s1. The molecule has 4 rings (SSSR count). The van der Waals surface area contributed by atoms with E-state index in [1.807, 2.05) is 55.5 Å². The van der Waals surface area contributed by atoms with E-state index in [9.17, 15) is 4.79 Å². The number of nitrogens with one attached hydrogen (secondary N) is 1. The number of benzene rings is 2. The molecule has 0 radical (unpaired) electrons. The largest absolute Gasteiger partial charge is 0.298 e. The first-order valence-corrected chi connectivity index (χ1v) is 9.22. The zero-order valence-corrected chi connectivity index (χ0v) is 15.0. The van der Waals surface area contributed by atoms with Crippen molar-refractivity contribution in [3.05, 3.63) is 69.7 Å². The summed E-state index contributed by atoms with van der Waals surface area (Å²) in [4.78, 5) is 17.3. The van der Waals surface area contributed by atoms with Crippen molar-refractivity contribution in [1.29, 1.82) is 0 Å². The third-order valence-corrected chi connectivity index (χ3v) is 5.31. The molecule has 1 atom stereocenters. The number of thioether (sulfide) groups is 1. The molecule has 2 aromatic carbocycles. The number of hydrazone groups is 1. The van der Waals surface area contributed by atoms with Crippen molar-refractivity contribution in [2.75, 3.05) is 0 Å². The first-order valence-electron chi connectivity index (χ1n) is 7.86. The second-order valence-electron chi connectivity index (χ2n) is 5.71. The summed E-state index contributed by atoms with van der Waals surface area (Å²) in [6.07, 6.45) is -0.230. The summed E-state index contributed by atoms with van der Waals surface area (Å²) in [5.74, 6) is 0.468. The fraction of sp³-hybridized carbons (Fsp3) is 0.167. The monoisotopic (exact) mass is 370 g/mol. The second-order valence-corrected chi connectivity index (χ2v) is 7.08. The van der Waals surface area contributed by atoms with E-state index in [2.05, 4.69) is 15.4 Å². The lowest BCUT2D eigenvalue weighted by molar-refractivity contribution is -0.116. The van der Waals surface area contributed by atoms with E-state index in [1.165, 1.54) is 11.8 Å². The Hall–Kier alpha value is -2.31. The van der Waals surface area contributed by atoms with Crippen LogP contribution < -0.4 is 15.9 Å². The Balaban J connectivity index is 1.66.